The van der Waals surface area contributed by atoms with Gasteiger partial charge in [0.2, 0.25) is 0 Å². The number of rotatable bonds is 4. The van der Waals surface area contributed by atoms with Crippen molar-refractivity contribution in [1.29, 1.82) is 0 Å². The van der Waals surface area contributed by atoms with E-state index >= 15 is 0 Å². The van der Waals surface area contributed by atoms with Crippen LogP contribution in [0.25, 0.3) is 0 Å². The molecular weight excluding hydrogens is 356 g/mol. The Bertz CT molecular complexity index is 995. The smallest absolute Gasteiger partial charge is 0.341 e. The number of ether oxygens (including phenoxy) is 4. The number of benzene rings is 3. The van der Waals surface area contributed by atoms with Gasteiger partial charge in [-0.3, -0.25) is 0 Å². The quantitative estimate of drug-likeness (QED) is 0.480. The Morgan fingerprint density at radius 3 is 1.89 bits per heavy atom. The first-order valence-electron chi connectivity index (χ1n) is 8.87. The minimum absolute atomic E-state index is 0.128. The Labute approximate surface area is 163 Å². The molecule has 0 bridgehead atoms. The summed E-state index contributed by atoms with van der Waals surface area (Å²) in [6.07, 6.45) is 0. The van der Waals surface area contributed by atoms with Gasteiger partial charge < -0.3 is 18.9 Å². The molecule has 1 aliphatic heterocycles. The normalized spacial score (nSPS) is 12.4. The third kappa shape index (κ3) is 2.85. The lowest BCUT2D eigenvalue weighted by atomic mass is 9.81. The zero-order valence-electron chi connectivity index (χ0n) is 15.9. The fourth-order valence-electron chi connectivity index (χ4n) is 3.66. The number of methoxy groups -OCH3 is 3. The largest absolute Gasteiger partial charge is 0.496 e. The predicted molar refractivity (Wildman–Crippen MR) is 105 cm³/mol. The zero-order valence-corrected chi connectivity index (χ0v) is 15.9. The zero-order chi connectivity index (χ0) is 19.7. The van der Waals surface area contributed by atoms with Crippen LogP contribution in [-0.2, 0) is 4.74 Å². The van der Waals surface area contributed by atoms with Crippen molar-refractivity contribution < 1.29 is 23.7 Å². The van der Waals surface area contributed by atoms with Crippen LogP contribution in [0.3, 0.4) is 0 Å². The summed E-state index contributed by atoms with van der Waals surface area (Å²) in [4.78, 5) is 12.2. The monoisotopic (exact) mass is 376 g/mol. The van der Waals surface area contributed by atoms with E-state index in [1.807, 2.05) is 54.6 Å². The summed E-state index contributed by atoms with van der Waals surface area (Å²) < 4.78 is 22.1. The molecular formula is C23H20O5. The van der Waals surface area contributed by atoms with Gasteiger partial charge in [-0.05, 0) is 24.3 Å². The SMILES string of the molecule is COC(=O)c1cc(OC)c(C2c3ccccc3Oc3ccccc32)cc1OC. The van der Waals surface area contributed by atoms with Crippen molar-refractivity contribution in [2.24, 2.45) is 0 Å². The summed E-state index contributed by atoms with van der Waals surface area (Å²) in [6, 6.07) is 19.3. The minimum Gasteiger partial charge on any atom is -0.496 e. The Hall–Kier alpha value is -3.47. The molecule has 1 heterocycles. The first kappa shape index (κ1) is 17.9. The molecule has 0 saturated heterocycles. The summed E-state index contributed by atoms with van der Waals surface area (Å²) >= 11 is 0. The molecule has 28 heavy (non-hydrogen) atoms. The molecule has 4 rings (SSSR count). The van der Waals surface area contributed by atoms with Gasteiger partial charge in [-0.25, -0.2) is 4.79 Å². The van der Waals surface area contributed by atoms with Gasteiger partial charge in [-0.1, -0.05) is 36.4 Å². The molecule has 0 spiro atoms. The highest BCUT2D eigenvalue weighted by Gasteiger charge is 2.32. The van der Waals surface area contributed by atoms with Crippen molar-refractivity contribution in [2.75, 3.05) is 21.3 Å². The maximum Gasteiger partial charge on any atom is 0.341 e. The van der Waals surface area contributed by atoms with Crippen molar-refractivity contribution in [3.8, 4) is 23.0 Å². The van der Waals surface area contributed by atoms with Crippen molar-refractivity contribution in [2.45, 2.75) is 5.92 Å². The molecule has 0 saturated carbocycles. The Balaban J connectivity index is 1.98. The van der Waals surface area contributed by atoms with Gasteiger partial charge in [0.25, 0.3) is 0 Å². The third-order valence-electron chi connectivity index (χ3n) is 4.95. The average molecular weight is 376 g/mol. The van der Waals surface area contributed by atoms with Gasteiger partial charge in [0.15, 0.2) is 0 Å². The first-order chi connectivity index (χ1) is 13.7. The maximum absolute atomic E-state index is 12.2. The number of hydrogen-bond donors (Lipinski definition) is 0. The van der Waals surface area contributed by atoms with E-state index in [2.05, 4.69) is 0 Å². The summed E-state index contributed by atoms with van der Waals surface area (Å²) in [6.45, 7) is 0. The van der Waals surface area contributed by atoms with Crippen LogP contribution in [0.1, 0.15) is 33.0 Å². The van der Waals surface area contributed by atoms with Gasteiger partial charge in [0, 0.05) is 22.6 Å². The Morgan fingerprint density at radius 1 is 0.786 bits per heavy atom. The molecule has 0 aliphatic carbocycles. The molecule has 0 atom stereocenters. The average Bonchev–Trinajstić information content (AvgIpc) is 2.76. The minimum atomic E-state index is -0.477. The molecule has 0 N–H and O–H groups in total. The van der Waals surface area contributed by atoms with Crippen LogP contribution in [0.2, 0.25) is 0 Å². The molecule has 0 amide bonds. The van der Waals surface area contributed by atoms with Gasteiger partial charge in [-0.15, -0.1) is 0 Å². The second-order valence-electron chi connectivity index (χ2n) is 6.40. The highest BCUT2D eigenvalue weighted by Crippen LogP contribution is 2.50. The number of esters is 1. The van der Waals surface area contributed by atoms with Crippen molar-refractivity contribution in [3.05, 3.63) is 82.9 Å². The van der Waals surface area contributed by atoms with E-state index < -0.39 is 5.97 Å². The lowest BCUT2D eigenvalue weighted by Gasteiger charge is -2.30. The lowest BCUT2D eigenvalue weighted by molar-refractivity contribution is 0.0596. The van der Waals surface area contributed by atoms with E-state index in [0.29, 0.717) is 17.1 Å². The van der Waals surface area contributed by atoms with Gasteiger partial charge in [-0.2, -0.15) is 0 Å². The summed E-state index contributed by atoms with van der Waals surface area (Å²) in [5.41, 5.74) is 3.24. The summed E-state index contributed by atoms with van der Waals surface area (Å²) in [5, 5.41) is 0. The molecule has 3 aromatic rings. The Morgan fingerprint density at radius 2 is 1.36 bits per heavy atom. The van der Waals surface area contributed by atoms with Gasteiger partial charge in [0.1, 0.15) is 28.6 Å². The fourth-order valence-corrected chi connectivity index (χ4v) is 3.66. The van der Waals surface area contributed by atoms with Crippen LogP contribution in [0.15, 0.2) is 60.7 Å². The van der Waals surface area contributed by atoms with Gasteiger partial charge >= 0.3 is 5.97 Å². The topological polar surface area (TPSA) is 54.0 Å². The van der Waals surface area contributed by atoms with E-state index in [1.165, 1.54) is 14.2 Å². The number of hydrogen-bond acceptors (Lipinski definition) is 5. The molecule has 142 valence electrons. The molecule has 3 aromatic carbocycles. The summed E-state index contributed by atoms with van der Waals surface area (Å²) in [5.74, 6) is 2.00. The standard InChI is InChI=1S/C23H20O5/c1-25-20-13-17(23(24)27-3)21(26-2)12-16(20)22-14-8-4-6-10-18(14)28-19-11-7-5-9-15(19)22/h4-13,22H,1-3H3. The second-order valence-corrected chi connectivity index (χ2v) is 6.40. The number of para-hydroxylation sites is 2. The molecule has 0 unspecified atom stereocenters. The fraction of sp³-hybridized carbons (Fsp3) is 0.174. The third-order valence-corrected chi connectivity index (χ3v) is 4.95. The number of carbonyl (C=O) groups is 1. The molecule has 0 aromatic heterocycles. The van der Waals surface area contributed by atoms with E-state index in [4.69, 9.17) is 18.9 Å². The van der Waals surface area contributed by atoms with Crippen LogP contribution in [-0.4, -0.2) is 27.3 Å². The van der Waals surface area contributed by atoms with E-state index in [9.17, 15) is 4.79 Å². The molecule has 1 aliphatic rings. The van der Waals surface area contributed by atoms with Crippen LogP contribution in [0.4, 0.5) is 0 Å². The molecule has 0 fully saturated rings. The van der Waals surface area contributed by atoms with Crippen LogP contribution in [0.5, 0.6) is 23.0 Å². The van der Waals surface area contributed by atoms with E-state index in [1.54, 1.807) is 13.2 Å². The maximum atomic E-state index is 12.2. The van der Waals surface area contributed by atoms with Gasteiger partial charge in [0.05, 0.1) is 21.3 Å². The summed E-state index contributed by atoms with van der Waals surface area (Å²) in [7, 11) is 4.46. The number of carbonyl (C=O) groups excluding carboxylic acids is 1. The van der Waals surface area contributed by atoms with E-state index in [0.717, 1.165) is 28.2 Å². The molecule has 5 nitrogen and oxygen atoms in total. The van der Waals surface area contributed by atoms with Crippen molar-refractivity contribution in [1.82, 2.24) is 0 Å². The van der Waals surface area contributed by atoms with Crippen molar-refractivity contribution >= 4 is 5.97 Å². The molecule has 5 heteroatoms. The number of fused-ring (bicyclic) bond motifs is 2. The van der Waals surface area contributed by atoms with Crippen LogP contribution < -0.4 is 14.2 Å². The van der Waals surface area contributed by atoms with Crippen LogP contribution in [0, 0.1) is 0 Å². The second kappa shape index (κ2) is 7.27. The lowest BCUT2D eigenvalue weighted by Crippen LogP contribution is -2.14. The Kier molecular flexibility index (Phi) is 4.65. The van der Waals surface area contributed by atoms with Crippen molar-refractivity contribution in [3.63, 3.8) is 0 Å². The molecule has 0 radical (unpaired) electrons. The first-order valence-corrected chi connectivity index (χ1v) is 8.87. The highest BCUT2D eigenvalue weighted by atomic mass is 16.5. The highest BCUT2D eigenvalue weighted by molar-refractivity contribution is 5.93. The van der Waals surface area contributed by atoms with Crippen LogP contribution >= 0.6 is 0 Å². The van der Waals surface area contributed by atoms with E-state index in [-0.39, 0.29) is 5.92 Å². The predicted octanol–water partition coefficient (Wildman–Crippen LogP) is 4.78.